The Bertz CT molecular complexity index is 1550. The van der Waals surface area contributed by atoms with E-state index < -0.39 is 0 Å². The van der Waals surface area contributed by atoms with Gasteiger partial charge in [0.1, 0.15) is 0 Å². The topological polar surface area (TPSA) is 44.2 Å². The first-order valence-electron chi connectivity index (χ1n) is 17.1. The number of hydrogen-bond donors (Lipinski definition) is 0. The van der Waals surface area contributed by atoms with Crippen LogP contribution < -0.4 is 9.47 Å². The fourth-order valence-electron chi connectivity index (χ4n) is 6.29. The lowest BCUT2D eigenvalue weighted by Gasteiger charge is -2.18. The summed E-state index contributed by atoms with van der Waals surface area (Å²) in [4.78, 5) is 10.4. The minimum atomic E-state index is 0.633. The second-order valence-electron chi connectivity index (χ2n) is 13.9. The molecule has 0 aliphatic rings. The Morgan fingerprint density at radius 1 is 0.500 bits per heavy atom. The molecule has 0 N–H and O–H groups in total. The van der Waals surface area contributed by atoms with E-state index in [1.807, 2.05) is 0 Å². The van der Waals surface area contributed by atoms with Crippen LogP contribution in [0.5, 0.6) is 11.5 Å². The molecule has 0 bridgehead atoms. The maximum Gasteiger partial charge on any atom is 0.163 e. The minimum absolute atomic E-state index is 0.633. The number of nitrogens with zero attached hydrogens (tertiary/aromatic N) is 2. The number of ether oxygens (including phenoxy) is 2. The first kappa shape index (κ1) is 32.0. The lowest BCUT2D eigenvalue weighted by atomic mass is 9.97. The Labute approximate surface area is 264 Å². The van der Waals surface area contributed by atoms with Gasteiger partial charge in [-0.05, 0) is 47.3 Å². The Balaban J connectivity index is 1.43. The third-order valence-corrected chi connectivity index (χ3v) is 9.08. The maximum atomic E-state index is 6.47. The van der Waals surface area contributed by atoms with Crippen molar-refractivity contribution in [3.05, 3.63) is 60.7 Å². The van der Waals surface area contributed by atoms with Crippen LogP contribution in [0.2, 0.25) is 0 Å². The summed E-state index contributed by atoms with van der Waals surface area (Å²) in [6.07, 6.45) is 9.70. The molecular weight excluding hydrogens is 540 g/mol. The van der Waals surface area contributed by atoms with Gasteiger partial charge in [0.15, 0.2) is 11.5 Å². The Morgan fingerprint density at radius 3 is 1.27 bits per heavy atom. The summed E-state index contributed by atoms with van der Waals surface area (Å²) in [5, 5.41) is 4.66. The summed E-state index contributed by atoms with van der Waals surface area (Å²) in [7, 11) is 0. The van der Waals surface area contributed by atoms with Crippen LogP contribution in [-0.4, -0.2) is 23.2 Å². The van der Waals surface area contributed by atoms with Crippen molar-refractivity contribution in [2.75, 3.05) is 13.2 Å². The van der Waals surface area contributed by atoms with Crippen molar-refractivity contribution in [3.8, 4) is 11.5 Å². The molecule has 0 fully saturated rings. The highest BCUT2D eigenvalue weighted by Gasteiger charge is 2.16. The third kappa shape index (κ3) is 8.00. The number of benzene rings is 4. The molecule has 2 atom stereocenters. The first-order valence-corrected chi connectivity index (χ1v) is 17.1. The Hall–Kier alpha value is -3.40. The molecule has 44 heavy (non-hydrogen) atoms. The number of rotatable bonds is 16. The number of aromatic nitrogens is 2. The predicted octanol–water partition coefficient (Wildman–Crippen LogP) is 11.6. The number of fused-ring (bicyclic) bond motifs is 7. The smallest absolute Gasteiger partial charge is 0.163 e. The van der Waals surface area contributed by atoms with Crippen LogP contribution in [0.15, 0.2) is 60.7 Å². The summed E-state index contributed by atoms with van der Waals surface area (Å²) in [6, 6.07) is 21.1. The van der Waals surface area contributed by atoms with Gasteiger partial charge >= 0.3 is 0 Å². The average molecular weight is 593 g/mol. The quantitative estimate of drug-likeness (QED) is 0.0844. The van der Waals surface area contributed by atoms with Crippen molar-refractivity contribution in [2.24, 2.45) is 23.7 Å². The third-order valence-electron chi connectivity index (χ3n) is 9.08. The van der Waals surface area contributed by atoms with Crippen LogP contribution >= 0.6 is 0 Å². The van der Waals surface area contributed by atoms with E-state index in [0.717, 1.165) is 69.0 Å². The van der Waals surface area contributed by atoms with Gasteiger partial charge in [-0.1, -0.05) is 129 Å². The molecule has 4 nitrogen and oxygen atoms in total. The van der Waals surface area contributed by atoms with Crippen LogP contribution in [-0.2, 0) is 0 Å². The number of hydrogen-bond acceptors (Lipinski definition) is 4. The van der Waals surface area contributed by atoms with Gasteiger partial charge in [0.2, 0.25) is 0 Å². The monoisotopic (exact) mass is 592 g/mol. The van der Waals surface area contributed by atoms with Gasteiger partial charge in [-0.2, -0.15) is 0 Å². The highest BCUT2D eigenvalue weighted by Crippen LogP contribution is 2.37. The molecule has 234 valence electrons. The predicted molar refractivity (Wildman–Crippen MR) is 188 cm³/mol. The van der Waals surface area contributed by atoms with E-state index >= 15 is 0 Å². The van der Waals surface area contributed by atoms with Gasteiger partial charge in [0, 0.05) is 22.9 Å². The van der Waals surface area contributed by atoms with Gasteiger partial charge in [0.25, 0.3) is 0 Å². The van der Waals surface area contributed by atoms with E-state index in [-0.39, 0.29) is 0 Å². The van der Waals surface area contributed by atoms with Crippen molar-refractivity contribution in [2.45, 2.75) is 92.9 Å². The summed E-state index contributed by atoms with van der Waals surface area (Å²) in [5.74, 6) is 4.35. The van der Waals surface area contributed by atoms with Crippen molar-refractivity contribution >= 4 is 43.6 Å². The van der Waals surface area contributed by atoms with Gasteiger partial charge in [-0.15, -0.1) is 0 Å². The molecule has 5 rings (SSSR count). The molecule has 0 spiro atoms. The second kappa shape index (κ2) is 15.1. The zero-order valence-corrected chi connectivity index (χ0v) is 27.9. The minimum Gasteiger partial charge on any atom is -0.490 e. The molecule has 0 amide bonds. The fraction of sp³-hybridized carbons (Fsp3) is 0.500. The van der Waals surface area contributed by atoms with Gasteiger partial charge in [-0.25, -0.2) is 9.97 Å². The maximum absolute atomic E-state index is 6.47. The summed E-state index contributed by atoms with van der Waals surface area (Å²) >= 11 is 0. The molecule has 0 aliphatic heterocycles. The van der Waals surface area contributed by atoms with Crippen molar-refractivity contribution in [1.29, 1.82) is 0 Å². The second-order valence-corrected chi connectivity index (χ2v) is 13.9. The van der Waals surface area contributed by atoms with Crippen molar-refractivity contribution < 1.29 is 9.47 Å². The van der Waals surface area contributed by atoms with Crippen LogP contribution in [0.1, 0.15) is 92.9 Å². The average Bonchev–Trinajstić information content (AvgIpc) is 3.00. The standard InChI is InChI=1S/C40H52N2O2/c1-27(2)13-11-15-29(5)21-23-43-37-25-35-36(26-38(37)44-24-22-30(6)16-12-14-28(3)4)42-40-34-20-10-8-18-32(34)31-17-7-9-19-33(31)39(40)41-35/h7-10,17-20,25-30H,11-16,21-24H2,1-6H3/t29-,30-/m1/s1. The molecule has 1 heterocycles. The van der Waals surface area contributed by atoms with E-state index in [1.165, 1.54) is 49.3 Å². The van der Waals surface area contributed by atoms with Crippen LogP contribution in [0.3, 0.4) is 0 Å². The van der Waals surface area contributed by atoms with E-state index in [2.05, 4.69) is 102 Å². The van der Waals surface area contributed by atoms with Crippen LogP contribution in [0.25, 0.3) is 43.6 Å². The summed E-state index contributed by atoms with van der Waals surface area (Å²) < 4.78 is 12.9. The first-order chi connectivity index (χ1) is 21.3. The highest BCUT2D eigenvalue weighted by molar-refractivity contribution is 6.23. The zero-order valence-electron chi connectivity index (χ0n) is 27.9. The van der Waals surface area contributed by atoms with Crippen LogP contribution in [0, 0.1) is 23.7 Å². The molecule has 4 aromatic carbocycles. The molecule has 5 aromatic rings. The molecule has 0 unspecified atom stereocenters. The molecule has 1 aromatic heterocycles. The molecular formula is C40H52N2O2. The van der Waals surface area contributed by atoms with Gasteiger partial charge in [-0.3, -0.25) is 0 Å². The fourth-order valence-corrected chi connectivity index (χ4v) is 6.29. The largest absolute Gasteiger partial charge is 0.490 e. The Morgan fingerprint density at radius 2 is 0.886 bits per heavy atom. The lowest BCUT2D eigenvalue weighted by molar-refractivity contribution is 0.237. The molecule has 4 heteroatoms. The molecule has 0 radical (unpaired) electrons. The van der Waals surface area contributed by atoms with Gasteiger partial charge < -0.3 is 9.47 Å². The normalized spacial score (nSPS) is 13.5. The molecule has 0 saturated carbocycles. The lowest BCUT2D eigenvalue weighted by Crippen LogP contribution is -2.08. The van der Waals surface area contributed by atoms with Crippen LogP contribution in [0.4, 0.5) is 0 Å². The van der Waals surface area contributed by atoms with E-state index in [4.69, 9.17) is 19.4 Å². The van der Waals surface area contributed by atoms with Gasteiger partial charge in [0.05, 0.1) is 35.3 Å². The highest BCUT2D eigenvalue weighted by atomic mass is 16.5. The Kier molecular flexibility index (Phi) is 11.0. The zero-order chi connectivity index (χ0) is 31.1. The SMILES string of the molecule is CC(C)CCC[C@@H](C)CCOc1cc2nc3c4ccccc4c4ccccc4c3nc2cc1OCC[C@H](C)CCCC(C)C. The van der Waals surface area contributed by atoms with E-state index in [1.54, 1.807) is 0 Å². The molecule has 0 aliphatic carbocycles. The van der Waals surface area contributed by atoms with Crippen molar-refractivity contribution in [1.82, 2.24) is 9.97 Å². The van der Waals surface area contributed by atoms with Crippen molar-refractivity contribution in [3.63, 3.8) is 0 Å². The summed E-state index contributed by atoms with van der Waals surface area (Å²) in [6.45, 7) is 15.2. The van der Waals surface area contributed by atoms with E-state index in [0.29, 0.717) is 25.0 Å². The molecule has 0 saturated heterocycles. The van der Waals surface area contributed by atoms with E-state index in [9.17, 15) is 0 Å². The summed E-state index contributed by atoms with van der Waals surface area (Å²) in [5.41, 5.74) is 3.54.